The van der Waals surface area contributed by atoms with Gasteiger partial charge in [0.15, 0.2) is 0 Å². The van der Waals surface area contributed by atoms with E-state index in [0.717, 1.165) is 18.1 Å². The van der Waals surface area contributed by atoms with Gasteiger partial charge < -0.3 is 4.74 Å². The van der Waals surface area contributed by atoms with E-state index in [1.165, 1.54) is 0 Å². The van der Waals surface area contributed by atoms with Crippen LogP contribution in [0.5, 0.6) is 0 Å². The van der Waals surface area contributed by atoms with Gasteiger partial charge >= 0.3 is 0 Å². The van der Waals surface area contributed by atoms with Crippen molar-refractivity contribution < 1.29 is 4.74 Å². The fourth-order valence-corrected chi connectivity index (χ4v) is 2.84. The van der Waals surface area contributed by atoms with Crippen molar-refractivity contribution in [2.24, 2.45) is 5.92 Å². The summed E-state index contributed by atoms with van der Waals surface area (Å²) in [6.07, 6.45) is 2.89. The predicted octanol–water partition coefficient (Wildman–Crippen LogP) is 1.96. The van der Waals surface area contributed by atoms with Gasteiger partial charge in [0.2, 0.25) is 0 Å². The summed E-state index contributed by atoms with van der Waals surface area (Å²) in [6, 6.07) is 4.39. The number of morpholine rings is 1. The molecule has 0 unspecified atom stereocenters. The molecule has 0 N–H and O–H groups in total. The maximum absolute atomic E-state index is 9.11. The van der Waals surface area contributed by atoms with Crippen LogP contribution in [0.2, 0.25) is 0 Å². The molecule has 1 aromatic heterocycles. The van der Waals surface area contributed by atoms with Crippen LogP contribution in [0.4, 0.5) is 0 Å². The molecule has 1 aliphatic heterocycles. The third-order valence-corrected chi connectivity index (χ3v) is 4.01. The highest BCUT2D eigenvalue weighted by atomic mass is 32.1. The second-order valence-electron chi connectivity index (χ2n) is 4.51. The van der Waals surface area contributed by atoms with Crippen molar-refractivity contribution in [3.63, 3.8) is 0 Å². The van der Waals surface area contributed by atoms with Crippen LogP contribution < -0.4 is 0 Å². The first-order valence-electron chi connectivity index (χ1n) is 6.33. The summed E-state index contributed by atoms with van der Waals surface area (Å²) in [4.78, 5) is 6.52. The summed E-state index contributed by atoms with van der Waals surface area (Å²) in [5.74, 6) is -0.0744. The first kappa shape index (κ1) is 14.0. The molecule has 0 bridgehead atoms. The third-order valence-electron chi connectivity index (χ3n) is 3.14. The Hall–Kier alpha value is -1.47. The molecule has 0 radical (unpaired) electrons. The summed E-state index contributed by atoms with van der Waals surface area (Å²) in [5.41, 5.74) is 0. The second kappa shape index (κ2) is 7.20. The quantitative estimate of drug-likeness (QED) is 0.822. The normalized spacial score (nSPS) is 21.5. The molecular weight excluding hydrogens is 260 g/mol. The minimum Gasteiger partial charge on any atom is -0.368 e. The number of ether oxygens (including phenoxy) is 1. The molecule has 0 aromatic carbocycles. The van der Waals surface area contributed by atoms with E-state index in [2.05, 4.69) is 22.0 Å². The molecule has 1 saturated heterocycles. The zero-order valence-electron chi connectivity index (χ0n) is 10.7. The largest absolute Gasteiger partial charge is 0.368 e. The molecule has 2 atom stereocenters. The van der Waals surface area contributed by atoms with Crippen LogP contribution in [-0.4, -0.2) is 36.1 Å². The van der Waals surface area contributed by atoms with Gasteiger partial charge in [-0.2, -0.15) is 10.5 Å². The molecule has 2 rings (SSSR count). The summed E-state index contributed by atoms with van der Waals surface area (Å²) in [7, 11) is 0. The van der Waals surface area contributed by atoms with Crippen LogP contribution in [0.15, 0.2) is 11.6 Å². The van der Waals surface area contributed by atoms with E-state index in [9.17, 15) is 0 Å². The molecule has 0 amide bonds. The number of nitriles is 2. The Bertz CT molecular complexity index is 462. The molecular formula is C13H16N4OS. The van der Waals surface area contributed by atoms with Crippen molar-refractivity contribution in [1.82, 2.24) is 9.88 Å². The van der Waals surface area contributed by atoms with E-state index in [1.807, 2.05) is 5.38 Å². The van der Waals surface area contributed by atoms with E-state index < -0.39 is 0 Å². The molecule has 1 aromatic rings. The number of thiazole rings is 1. The highest BCUT2D eigenvalue weighted by Gasteiger charge is 2.25. The van der Waals surface area contributed by atoms with Crippen molar-refractivity contribution in [3.8, 4) is 12.1 Å². The lowest BCUT2D eigenvalue weighted by Gasteiger charge is -2.32. The first-order valence-corrected chi connectivity index (χ1v) is 7.21. The van der Waals surface area contributed by atoms with Gasteiger partial charge in [0.1, 0.15) is 11.1 Å². The lowest BCUT2D eigenvalue weighted by atomic mass is 10.0. The average Bonchev–Trinajstić information content (AvgIpc) is 2.98. The van der Waals surface area contributed by atoms with Crippen molar-refractivity contribution >= 4 is 11.3 Å². The van der Waals surface area contributed by atoms with Crippen molar-refractivity contribution in [3.05, 3.63) is 16.6 Å². The van der Waals surface area contributed by atoms with E-state index >= 15 is 0 Å². The fourth-order valence-electron chi connectivity index (χ4n) is 2.16. The van der Waals surface area contributed by atoms with Gasteiger partial charge in [0.25, 0.3) is 0 Å². The van der Waals surface area contributed by atoms with Crippen molar-refractivity contribution in [2.45, 2.75) is 18.9 Å². The number of hydrogen-bond donors (Lipinski definition) is 0. The number of nitrogens with zero attached hydrogens (tertiary/aromatic N) is 4. The Morgan fingerprint density at radius 2 is 2.47 bits per heavy atom. The average molecular weight is 276 g/mol. The lowest BCUT2D eigenvalue weighted by molar-refractivity contribution is -0.0328. The molecule has 5 nitrogen and oxygen atoms in total. The maximum Gasteiger partial charge on any atom is 0.123 e. The van der Waals surface area contributed by atoms with Crippen LogP contribution in [0.25, 0.3) is 0 Å². The minimum absolute atomic E-state index is 0.0176. The molecule has 1 aliphatic rings. The summed E-state index contributed by atoms with van der Waals surface area (Å²) in [5, 5.41) is 20.6. The van der Waals surface area contributed by atoms with Gasteiger partial charge in [0.05, 0.1) is 24.7 Å². The Morgan fingerprint density at radius 1 is 1.58 bits per heavy atom. The zero-order valence-corrected chi connectivity index (χ0v) is 11.5. The summed E-state index contributed by atoms with van der Waals surface area (Å²) >= 11 is 1.60. The number of aromatic nitrogens is 1. The van der Waals surface area contributed by atoms with E-state index in [4.69, 9.17) is 15.3 Å². The highest BCUT2D eigenvalue weighted by Crippen LogP contribution is 2.24. The van der Waals surface area contributed by atoms with Crippen molar-refractivity contribution in [2.75, 3.05) is 26.2 Å². The Labute approximate surface area is 117 Å². The van der Waals surface area contributed by atoms with Crippen LogP contribution >= 0.6 is 11.3 Å². The maximum atomic E-state index is 9.11. The van der Waals surface area contributed by atoms with E-state index in [-0.39, 0.29) is 12.0 Å². The Kier molecular flexibility index (Phi) is 5.29. The summed E-state index contributed by atoms with van der Waals surface area (Å²) in [6.45, 7) is 2.99. The Balaban J connectivity index is 1.87. The van der Waals surface area contributed by atoms with Gasteiger partial charge in [0, 0.05) is 37.6 Å². The monoisotopic (exact) mass is 276 g/mol. The van der Waals surface area contributed by atoms with Gasteiger partial charge in [-0.25, -0.2) is 4.98 Å². The first-order chi connectivity index (χ1) is 9.33. The minimum atomic E-state index is -0.0744. The second-order valence-corrected chi connectivity index (χ2v) is 5.44. The zero-order chi connectivity index (χ0) is 13.5. The third kappa shape index (κ3) is 4.00. The van der Waals surface area contributed by atoms with E-state index in [1.54, 1.807) is 17.5 Å². The Morgan fingerprint density at radius 3 is 3.16 bits per heavy atom. The topological polar surface area (TPSA) is 72.9 Å². The highest BCUT2D eigenvalue weighted by molar-refractivity contribution is 7.09. The molecule has 6 heteroatoms. The molecule has 2 heterocycles. The standard InChI is InChI=1S/C13H16N4OS/c14-3-1-2-11(8-15)9-17-5-6-18-12(10-17)13-16-4-7-19-13/h4,7,11-12H,1-2,5-6,9-10H2/t11-,12-/m0/s1. The molecule has 0 saturated carbocycles. The van der Waals surface area contributed by atoms with Crippen LogP contribution in [0.3, 0.4) is 0 Å². The molecule has 0 aliphatic carbocycles. The van der Waals surface area contributed by atoms with Crippen LogP contribution in [-0.2, 0) is 4.74 Å². The predicted molar refractivity (Wildman–Crippen MR) is 71.2 cm³/mol. The SMILES string of the molecule is N#CCC[C@@H](C#N)CN1CCO[C@H](c2nccs2)C1. The van der Waals surface area contributed by atoms with Gasteiger partial charge in [-0.1, -0.05) is 0 Å². The lowest BCUT2D eigenvalue weighted by Crippen LogP contribution is -2.40. The molecule has 100 valence electrons. The molecule has 0 spiro atoms. The van der Waals surface area contributed by atoms with Gasteiger partial charge in [-0.05, 0) is 6.42 Å². The molecule has 1 fully saturated rings. The summed E-state index contributed by atoms with van der Waals surface area (Å²) < 4.78 is 5.72. The smallest absolute Gasteiger partial charge is 0.123 e. The number of hydrogen-bond acceptors (Lipinski definition) is 6. The fraction of sp³-hybridized carbons (Fsp3) is 0.615. The van der Waals surface area contributed by atoms with Crippen LogP contribution in [0, 0.1) is 28.6 Å². The van der Waals surface area contributed by atoms with Crippen LogP contribution in [0.1, 0.15) is 24.0 Å². The van der Waals surface area contributed by atoms with Gasteiger partial charge in [-0.15, -0.1) is 11.3 Å². The van der Waals surface area contributed by atoms with Gasteiger partial charge in [-0.3, -0.25) is 4.90 Å². The van der Waals surface area contributed by atoms with Crippen molar-refractivity contribution in [1.29, 1.82) is 10.5 Å². The van der Waals surface area contributed by atoms with E-state index in [0.29, 0.717) is 26.0 Å². The number of rotatable bonds is 5. The molecule has 19 heavy (non-hydrogen) atoms.